The van der Waals surface area contributed by atoms with Gasteiger partial charge in [0.1, 0.15) is 0 Å². The lowest BCUT2D eigenvalue weighted by Crippen LogP contribution is -2.26. The van der Waals surface area contributed by atoms with Gasteiger partial charge in [0, 0.05) is 13.1 Å². The maximum absolute atomic E-state index is 10.8. The Hall–Kier alpha value is -0.970. The van der Waals surface area contributed by atoms with E-state index in [1.165, 1.54) is 0 Å². The Morgan fingerprint density at radius 2 is 2.50 bits per heavy atom. The minimum absolute atomic E-state index is 0.163. The zero-order valence-electron chi connectivity index (χ0n) is 6.13. The molecule has 2 nitrogen and oxygen atoms in total. The van der Waals surface area contributed by atoms with Crippen LogP contribution in [0.4, 0.5) is 0 Å². The molecule has 0 aromatic carbocycles. The second kappa shape index (κ2) is 2.74. The topological polar surface area (TPSA) is 20.3 Å². The fourth-order valence-corrected chi connectivity index (χ4v) is 1.21. The predicted octanol–water partition coefficient (Wildman–Crippen LogP) is 0.488. The zero-order chi connectivity index (χ0) is 7.56. The van der Waals surface area contributed by atoms with Crippen LogP contribution in [0.25, 0.3) is 0 Å². The van der Waals surface area contributed by atoms with Gasteiger partial charge < -0.3 is 4.90 Å². The smallest absolute Gasteiger partial charge is 0.298 e. The van der Waals surface area contributed by atoms with Gasteiger partial charge in [-0.25, -0.2) is 0 Å². The molecular formula is C8H11NO. The van der Waals surface area contributed by atoms with E-state index in [4.69, 9.17) is 6.42 Å². The third kappa shape index (κ3) is 1.30. The van der Waals surface area contributed by atoms with Crippen LogP contribution >= 0.6 is 0 Å². The van der Waals surface area contributed by atoms with Gasteiger partial charge in [0.05, 0.1) is 0 Å². The second-order valence-electron chi connectivity index (χ2n) is 2.79. The maximum Gasteiger partial charge on any atom is 0.298 e. The van der Waals surface area contributed by atoms with Gasteiger partial charge in [0.25, 0.3) is 5.91 Å². The Bertz CT molecular complexity index is 180. The molecule has 1 amide bonds. The number of hydrogen-bond acceptors (Lipinski definition) is 1. The van der Waals surface area contributed by atoms with Gasteiger partial charge >= 0.3 is 0 Å². The van der Waals surface area contributed by atoms with Gasteiger partial charge in [-0.2, -0.15) is 0 Å². The van der Waals surface area contributed by atoms with Crippen LogP contribution in [-0.2, 0) is 4.79 Å². The predicted molar refractivity (Wildman–Crippen MR) is 39.2 cm³/mol. The summed E-state index contributed by atoms with van der Waals surface area (Å²) in [7, 11) is 0. The lowest BCUT2D eigenvalue weighted by molar-refractivity contribution is -0.124. The molecule has 1 fully saturated rings. The molecule has 0 N–H and O–H groups in total. The van der Waals surface area contributed by atoms with Crippen LogP contribution in [0.15, 0.2) is 0 Å². The highest BCUT2D eigenvalue weighted by Gasteiger charge is 2.21. The van der Waals surface area contributed by atoms with Crippen LogP contribution in [0, 0.1) is 18.3 Å². The molecule has 0 bridgehead atoms. The molecule has 0 saturated carbocycles. The maximum atomic E-state index is 10.8. The largest absolute Gasteiger partial charge is 0.332 e. The van der Waals surface area contributed by atoms with Gasteiger partial charge in [0.2, 0.25) is 0 Å². The monoisotopic (exact) mass is 137 g/mol. The fourth-order valence-electron chi connectivity index (χ4n) is 1.21. The summed E-state index contributed by atoms with van der Waals surface area (Å²) in [5.74, 6) is 2.57. The molecule has 54 valence electrons. The van der Waals surface area contributed by atoms with Crippen molar-refractivity contribution >= 4 is 5.91 Å². The number of carbonyl (C=O) groups is 1. The first-order valence-corrected chi connectivity index (χ1v) is 3.49. The molecule has 0 spiro atoms. The molecule has 10 heavy (non-hydrogen) atoms. The van der Waals surface area contributed by atoms with Crippen molar-refractivity contribution in [2.75, 3.05) is 13.1 Å². The Balaban J connectivity index is 2.47. The van der Waals surface area contributed by atoms with E-state index in [1.54, 1.807) is 4.90 Å². The summed E-state index contributed by atoms with van der Waals surface area (Å²) in [5.41, 5.74) is 0. The zero-order valence-corrected chi connectivity index (χ0v) is 6.13. The van der Waals surface area contributed by atoms with Crippen molar-refractivity contribution in [2.24, 2.45) is 5.92 Å². The van der Waals surface area contributed by atoms with Crippen molar-refractivity contribution in [3.63, 3.8) is 0 Å². The van der Waals surface area contributed by atoms with E-state index in [9.17, 15) is 4.79 Å². The molecule has 0 aromatic heterocycles. The molecule has 1 heterocycles. The normalized spacial score (nSPS) is 24.4. The number of rotatable bonds is 0. The molecule has 1 aliphatic rings. The van der Waals surface area contributed by atoms with E-state index < -0.39 is 0 Å². The van der Waals surface area contributed by atoms with Gasteiger partial charge in [-0.15, -0.1) is 6.42 Å². The Morgan fingerprint density at radius 1 is 1.80 bits per heavy atom. The van der Waals surface area contributed by atoms with E-state index in [0.717, 1.165) is 19.5 Å². The number of terminal acetylenes is 1. The molecule has 0 unspecified atom stereocenters. The third-order valence-corrected chi connectivity index (χ3v) is 1.83. The first-order chi connectivity index (χ1) is 4.74. The van der Waals surface area contributed by atoms with Gasteiger partial charge in [-0.3, -0.25) is 4.79 Å². The first kappa shape index (κ1) is 7.14. The number of amides is 1. The van der Waals surface area contributed by atoms with Crippen LogP contribution in [0.5, 0.6) is 0 Å². The number of hydrogen-bond donors (Lipinski definition) is 0. The minimum Gasteiger partial charge on any atom is -0.332 e. The summed E-state index contributed by atoms with van der Waals surface area (Å²) in [6.45, 7) is 3.80. The van der Waals surface area contributed by atoms with E-state index in [1.807, 2.05) is 0 Å². The Kier molecular flexibility index (Phi) is 1.96. The average Bonchev–Trinajstić information content (AvgIpc) is 2.34. The summed E-state index contributed by atoms with van der Waals surface area (Å²) >= 11 is 0. The van der Waals surface area contributed by atoms with Crippen molar-refractivity contribution in [1.29, 1.82) is 0 Å². The van der Waals surface area contributed by atoms with E-state index >= 15 is 0 Å². The van der Waals surface area contributed by atoms with Crippen molar-refractivity contribution in [3.05, 3.63) is 0 Å². The molecule has 1 aliphatic heterocycles. The molecule has 2 heteroatoms. The van der Waals surface area contributed by atoms with E-state index in [2.05, 4.69) is 12.8 Å². The van der Waals surface area contributed by atoms with Gasteiger partial charge in [-0.1, -0.05) is 6.92 Å². The summed E-state index contributed by atoms with van der Waals surface area (Å²) in [5, 5.41) is 0. The van der Waals surface area contributed by atoms with Crippen LogP contribution in [0.2, 0.25) is 0 Å². The van der Waals surface area contributed by atoms with Crippen LogP contribution in [0.1, 0.15) is 13.3 Å². The van der Waals surface area contributed by atoms with Crippen molar-refractivity contribution in [3.8, 4) is 12.3 Å². The number of nitrogens with zero attached hydrogens (tertiary/aromatic N) is 1. The van der Waals surface area contributed by atoms with Crippen LogP contribution in [-0.4, -0.2) is 23.9 Å². The quantitative estimate of drug-likeness (QED) is 0.445. The number of carbonyl (C=O) groups excluding carboxylic acids is 1. The van der Waals surface area contributed by atoms with Crippen LogP contribution in [0.3, 0.4) is 0 Å². The van der Waals surface area contributed by atoms with Crippen LogP contribution < -0.4 is 0 Å². The molecule has 0 aliphatic carbocycles. The Morgan fingerprint density at radius 3 is 2.90 bits per heavy atom. The van der Waals surface area contributed by atoms with Gasteiger partial charge in [-0.05, 0) is 18.3 Å². The minimum atomic E-state index is -0.163. The van der Waals surface area contributed by atoms with Gasteiger partial charge in [0.15, 0.2) is 0 Å². The average molecular weight is 137 g/mol. The third-order valence-electron chi connectivity index (χ3n) is 1.83. The summed E-state index contributed by atoms with van der Waals surface area (Å²) in [6.07, 6.45) is 6.05. The SMILES string of the molecule is C#CC(=O)N1CC[C@H](C)C1. The molecule has 1 rings (SSSR count). The fraction of sp³-hybridized carbons (Fsp3) is 0.625. The van der Waals surface area contributed by atoms with Crippen molar-refractivity contribution in [1.82, 2.24) is 4.90 Å². The highest BCUT2D eigenvalue weighted by molar-refractivity contribution is 5.93. The lowest BCUT2D eigenvalue weighted by Gasteiger charge is -2.10. The van der Waals surface area contributed by atoms with E-state index in [-0.39, 0.29) is 5.91 Å². The first-order valence-electron chi connectivity index (χ1n) is 3.49. The van der Waals surface area contributed by atoms with Crippen molar-refractivity contribution in [2.45, 2.75) is 13.3 Å². The highest BCUT2D eigenvalue weighted by Crippen LogP contribution is 2.14. The summed E-state index contributed by atoms with van der Waals surface area (Å²) < 4.78 is 0. The van der Waals surface area contributed by atoms with E-state index in [0.29, 0.717) is 5.92 Å². The number of likely N-dealkylation sites (tertiary alicyclic amines) is 1. The molecule has 0 aromatic rings. The lowest BCUT2D eigenvalue weighted by atomic mass is 10.2. The summed E-state index contributed by atoms with van der Waals surface area (Å²) in [6, 6.07) is 0. The highest BCUT2D eigenvalue weighted by atomic mass is 16.2. The molecule has 0 radical (unpaired) electrons. The molecule has 1 atom stereocenters. The second-order valence-corrected chi connectivity index (χ2v) is 2.79. The molecular weight excluding hydrogens is 126 g/mol. The Labute approximate surface area is 61.2 Å². The van der Waals surface area contributed by atoms with Crippen molar-refractivity contribution < 1.29 is 4.79 Å². The standard InChI is InChI=1S/C8H11NO/c1-3-8(10)9-5-4-7(2)6-9/h1,7H,4-6H2,2H3/t7-/m0/s1. The molecule has 1 saturated heterocycles. The summed E-state index contributed by atoms with van der Waals surface area (Å²) in [4.78, 5) is 12.6.